The van der Waals surface area contributed by atoms with Crippen LogP contribution in [-0.4, -0.2) is 35.0 Å². The van der Waals surface area contributed by atoms with Gasteiger partial charge in [-0.05, 0) is 43.2 Å². The Balaban J connectivity index is 1.74. The first-order chi connectivity index (χ1) is 12.0. The largest absolute Gasteiger partial charge is 0.343 e. The molecule has 0 aromatic heterocycles. The number of nitrogens with zero attached hydrogens (tertiary/aromatic N) is 1. The Morgan fingerprint density at radius 1 is 1.32 bits per heavy atom. The lowest BCUT2D eigenvalue weighted by Gasteiger charge is -2.32. The predicted molar refractivity (Wildman–Crippen MR) is 96.1 cm³/mol. The summed E-state index contributed by atoms with van der Waals surface area (Å²) in [6.07, 6.45) is 4.16. The molecule has 1 heterocycles. The van der Waals surface area contributed by atoms with Gasteiger partial charge in [-0.2, -0.15) is 0 Å². The van der Waals surface area contributed by atoms with Gasteiger partial charge in [-0.3, -0.25) is 14.8 Å². The first-order valence-corrected chi connectivity index (χ1v) is 9.09. The van der Waals surface area contributed by atoms with Crippen molar-refractivity contribution in [2.75, 3.05) is 13.1 Å². The topological polar surface area (TPSA) is 95.7 Å². The van der Waals surface area contributed by atoms with Crippen molar-refractivity contribution in [3.05, 3.63) is 34.9 Å². The smallest absolute Gasteiger partial charge is 0.243 e. The predicted octanol–water partition coefficient (Wildman–Crippen LogP) is 2.64. The Morgan fingerprint density at radius 2 is 2.00 bits per heavy atom. The molecular weight excluding hydrogens is 342 g/mol. The molecule has 138 valence electrons. The third-order valence-electron chi connectivity index (χ3n) is 4.81. The van der Waals surface area contributed by atoms with Crippen molar-refractivity contribution in [3.63, 3.8) is 0 Å². The standard InChI is InChI=1S/C18H26ClN3O3/c19-15-6-2-1-5-14(15)16(20)12-18(24)22-10-8-13(9-11-22)4-3-7-17(23)21-25/h1-2,5-6,13,16,25H,3-4,7-12,20H2,(H,21,23). The second-order valence-electron chi connectivity index (χ2n) is 6.58. The third-order valence-corrected chi connectivity index (χ3v) is 5.15. The molecule has 1 aromatic carbocycles. The van der Waals surface area contributed by atoms with Gasteiger partial charge < -0.3 is 10.6 Å². The minimum Gasteiger partial charge on any atom is -0.343 e. The SMILES string of the molecule is NC(CC(=O)N1CCC(CCCC(=O)NO)CC1)c1ccccc1Cl. The highest BCUT2D eigenvalue weighted by atomic mass is 35.5. The molecule has 7 heteroatoms. The molecule has 1 saturated heterocycles. The minimum absolute atomic E-state index is 0.0607. The van der Waals surface area contributed by atoms with Crippen LogP contribution in [0.1, 0.15) is 50.1 Å². The van der Waals surface area contributed by atoms with E-state index in [4.69, 9.17) is 22.5 Å². The second-order valence-corrected chi connectivity index (χ2v) is 6.99. The number of hydrogen-bond donors (Lipinski definition) is 3. The number of hydroxylamine groups is 1. The quantitative estimate of drug-likeness (QED) is 0.510. The molecule has 0 aliphatic carbocycles. The molecule has 2 amide bonds. The van der Waals surface area contributed by atoms with Crippen molar-refractivity contribution >= 4 is 23.4 Å². The van der Waals surface area contributed by atoms with E-state index in [0.29, 0.717) is 17.4 Å². The number of halogens is 1. The molecule has 1 aliphatic rings. The van der Waals surface area contributed by atoms with Gasteiger partial charge in [0, 0.05) is 37.0 Å². The van der Waals surface area contributed by atoms with E-state index in [1.807, 2.05) is 23.1 Å². The Labute approximate surface area is 153 Å². The van der Waals surface area contributed by atoms with E-state index in [9.17, 15) is 9.59 Å². The number of hydrogen-bond acceptors (Lipinski definition) is 4. The lowest BCUT2D eigenvalue weighted by Crippen LogP contribution is -2.39. The summed E-state index contributed by atoms with van der Waals surface area (Å²) in [6, 6.07) is 6.96. The van der Waals surface area contributed by atoms with Crippen LogP contribution < -0.4 is 11.2 Å². The zero-order valence-electron chi connectivity index (χ0n) is 14.3. The van der Waals surface area contributed by atoms with Crippen molar-refractivity contribution in [2.24, 2.45) is 11.7 Å². The lowest BCUT2D eigenvalue weighted by atomic mass is 9.91. The first-order valence-electron chi connectivity index (χ1n) is 8.72. The van der Waals surface area contributed by atoms with E-state index in [2.05, 4.69) is 0 Å². The van der Waals surface area contributed by atoms with Gasteiger partial charge in [0.15, 0.2) is 0 Å². The first kappa shape index (κ1) is 19.7. The Hall–Kier alpha value is -1.63. The van der Waals surface area contributed by atoms with Gasteiger partial charge >= 0.3 is 0 Å². The van der Waals surface area contributed by atoms with E-state index in [0.717, 1.165) is 44.3 Å². The Kier molecular flexibility index (Phi) is 7.68. The summed E-state index contributed by atoms with van der Waals surface area (Å²) in [7, 11) is 0. The number of benzene rings is 1. The number of piperidine rings is 1. The summed E-state index contributed by atoms with van der Waals surface area (Å²) in [6.45, 7) is 1.45. The summed E-state index contributed by atoms with van der Waals surface area (Å²) in [4.78, 5) is 25.3. The van der Waals surface area contributed by atoms with Gasteiger partial charge in [0.25, 0.3) is 0 Å². The summed E-state index contributed by atoms with van der Waals surface area (Å²) in [5, 5.41) is 9.07. The lowest BCUT2D eigenvalue weighted by molar-refractivity contribution is -0.133. The number of rotatable bonds is 7. The molecule has 6 nitrogen and oxygen atoms in total. The molecule has 1 atom stereocenters. The molecule has 2 rings (SSSR count). The fraction of sp³-hybridized carbons (Fsp3) is 0.556. The van der Waals surface area contributed by atoms with Crippen LogP contribution in [0.15, 0.2) is 24.3 Å². The van der Waals surface area contributed by atoms with Gasteiger partial charge in [0.05, 0.1) is 0 Å². The van der Waals surface area contributed by atoms with Crippen LogP contribution in [0, 0.1) is 5.92 Å². The second kappa shape index (κ2) is 9.75. The molecule has 0 saturated carbocycles. The minimum atomic E-state index is -0.393. The number of carbonyl (C=O) groups excluding carboxylic acids is 2. The monoisotopic (exact) mass is 367 g/mol. The van der Waals surface area contributed by atoms with Crippen LogP contribution in [0.3, 0.4) is 0 Å². The van der Waals surface area contributed by atoms with E-state index in [1.165, 1.54) is 0 Å². The maximum absolute atomic E-state index is 12.5. The van der Waals surface area contributed by atoms with Gasteiger partial charge in [0.2, 0.25) is 11.8 Å². The van der Waals surface area contributed by atoms with Crippen molar-refractivity contribution in [3.8, 4) is 0 Å². The number of carbonyl (C=O) groups is 2. The van der Waals surface area contributed by atoms with E-state index in [-0.39, 0.29) is 18.2 Å². The molecule has 1 aliphatic heterocycles. The molecular formula is C18H26ClN3O3. The Bertz CT molecular complexity index is 589. The zero-order chi connectivity index (χ0) is 18.2. The molecule has 1 unspecified atom stereocenters. The summed E-state index contributed by atoms with van der Waals surface area (Å²) in [5.74, 6) is 0.236. The zero-order valence-corrected chi connectivity index (χ0v) is 15.0. The van der Waals surface area contributed by atoms with Gasteiger partial charge in [-0.1, -0.05) is 29.8 Å². The van der Waals surface area contributed by atoms with Crippen LogP contribution in [0.25, 0.3) is 0 Å². The highest BCUT2D eigenvalue weighted by Crippen LogP contribution is 2.26. The fourth-order valence-electron chi connectivity index (χ4n) is 3.28. The van der Waals surface area contributed by atoms with Crippen molar-refractivity contribution in [1.82, 2.24) is 10.4 Å². The molecule has 25 heavy (non-hydrogen) atoms. The van der Waals surface area contributed by atoms with Crippen LogP contribution >= 0.6 is 11.6 Å². The molecule has 4 N–H and O–H groups in total. The average Bonchev–Trinajstić information content (AvgIpc) is 2.62. The van der Waals surface area contributed by atoms with E-state index in [1.54, 1.807) is 11.5 Å². The van der Waals surface area contributed by atoms with Gasteiger partial charge in [0.1, 0.15) is 0 Å². The van der Waals surface area contributed by atoms with E-state index >= 15 is 0 Å². The van der Waals surface area contributed by atoms with Gasteiger partial charge in [-0.25, -0.2) is 5.48 Å². The van der Waals surface area contributed by atoms with Crippen LogP contribution in [0.4, 0.5) is 0 Å². The van der Waals surface area contributed by atoms with E-state index < -0.39 is 6.04 Å². The molecule has 0 bridgehead atoms. The highest BCUT2D eigenvalue weighted by molar-refractivity contribution is 6.31. The number of amides is 2. The summed E-state index contributed by atoms with van der Waals surface area (Å²) >= 11 is 6.14. The van der Waals surface area contributed by atoms with Crippen LogP contribution in [0.5, 0.6) is 0 Å². The van der Waals surface area contributed by atoms with Crippen LogP contribution in [-0.2, 0) is 9.59 Å². The van der Waals surface area contributed by atoms with Crippen molar-refractivity contribution in [2.45, 2.75) is 44.6 Å². The molecule has 0 spiro atoms. The van der Waals surface area contributed by atoms with Crippen molar-refractivity contribution < 1.29 is 14.8 Å². The third kappa shape index (κ3) is 5.99. The number of nitrogens with two attached hydrogens (primary N) is 1. The summed E-state index contributed by atoms with van der Waals surface area (Å²) < 4.78 is 0. The molecule has 1 fully saturated rings. The average molecular weight is 368 g/mol. The van der Waals surface area contributed by atoms with Crippen LogP contribution in [0.2, 0.25) is 5.02 Å². The Morgan fingerprint density at radius 3 is 2.64 bits per heavy atom. The molecule has 1 aromatic rings. The maximum atomic E-state index is 12.5. The normalized spacial score (nSPS) is 16.5. The number of likely N-dealkylation sites (tertiary alicyclic amines) is 1. The van der Waals surface area contributed by atoms with Gasteiger partial charge in [-0.15, -0.1) is 0 Å². The number of nitrogens with one attached hydrogen (secondary N) is 1. The van der Waals surface area contributed by atoms with Crippen molar-refractivity contribution in [1.29, 1.82) is 0 Å². The molecule has 0 radical (unpaired) electrons. The highest BCUT2D eigenvalue weighted by Gasteiger charge is 2.24. The maximum Gasteiger partial charge on any atom is 0.243 e. The summed E-state index contributed by atoms with van der Waals surface area (Å²) in [5.41, 5.74) is 8.60. The fourth-order valence-corrected chi connectivity index (χ4v) is 3.56.